The van der Waals surface area contributed by atoms with Gasteiger partial charge in [0, 0.05) is 4.92 Å². The van der Waals surface area contributed by atoms with Gasteiger partial charge in [-0.25, -0.2) is 4.98 Å². The molecule has 1 rings (SSSR count). The second-order valence-corrected chi connectivity index (χ2v) is 1.51. The number of amides is 1. The molecule has 1 aromatic rings. The van der Waals surface area contributed by atoms with Crippen molar-refractivity contribution in [3.05, 3.63) is 28.8 Å². The average Bonchev–Trinajstić information content (AvgIpc) is 2.36. The van der Waals surface area contributed by atoms with E-state index in [2.05, 4.69) is 4.98 Å². The van der Waals surface area contributed by atoms with Crippen LogP contribution in [0.25, 0.3) is 0 Å². The summed E-state index contributed by atoms with van der Waals surface area (Å²) in [7, 11) is 0. The second kappa shape index (κ2) is 2.26. The third kappa shape index (κ3) is 0.993. The molecule has 0 fully saturated rings. The maximum atomic E-state index is 10.4. The fourth-order valence-electron chi connectivity index (χ4n) is 0.467. The third-order valence-corrected chi connectivity index (χ3v) is 0.881. The summed E-state index contributed by atoms with van der Waals surface area (Å²) in [6.07, 6.45) is 3.58. The van der Waals surface area contributed by atoms with E-state index in [1.807, 2.05) is 0 Å². The Morgan fingerprint density at radius 1 is 1.70 bits per heavy atom. The van der Waals surface area contributed by atoms with Crippen LogP contribution < -0.4 is 0 Å². The number of carbonyl (C=O) groups is 1. The van der Waals surface area contributed by atoms with Gasteiger partial charge >= 0.3 is 6.03 Å². The van der Waals surface area contributed by atoms with Crippen LogP contribution in [0.15, 0.2) is 18.7 Å². The molecule has 6 nitrogen and oxygen atoms in total. The van der Waals surface area contributed by atoms with Gasteiger partial charge in [-0.1, -0.05) is 0 Å². The SMILES string of the molecule is O=C(n1ccnc1)[N+](=O)[O-]. The van der Waals surface area contributed by atoms with Crippen molar-refractivity contribution in [2.75, 3.05) is 0 Å². The molecule has 10 heavy (non-hydrogen) atoms. The fourth-order valence-corrected chi connectivity index (χ4v) is 0.467. The Labute approximate surface area is 55.2 Å². The van der Waals surface area contributed by atoms with Crippen molar-refractivity contribution in [2.24, 2.45) is 0 Å². The van der Waals surface area contributed by atoms with Crippen molar-refractivity contribution < 1.29 is 9.72 Å². The van der Waals surface area contributed by atoms with Crippen LogP contribution >= 0.6 is 0 Å². The minimum absolute atomic E-state index is 0.792. The first-order valence-corrected chi connectivity index (χ1v) is 2.38. The van der Waals surface area contributed by atoms with E-state index in [9.17, 15) is 14.9 Å². The van der Waals surface area contributed by atoms with E-state index < -0.39 is 11.0 Å². The third-order valence-electron chi connectivity index (χ3n) is 0.881. The summed E-state index contributed by atoms with van der Waals surface area (Å²) in [5.74, 6) is 0. The van der Waals surface area contributed by atoms with Crippen LogP contribution in [0.5, 0.6) is 0 Å². The zero-order valence-corrected chi connectivity index (χ0v) is 4.80. The highest BCUT2D eigenvalue weighted by molar-refractivity contribution is 5.67. The molecule has 0 N–H and O–H groups in total. The number of carbonyl (C=O) groups excluding carboxylic acids is 1. The molecule has 0 aromatic carbocycles. The van der Waals surface area contributed by atoms with Crippen molar-refractivity contribution in [2.45, 2.75) is 0 Å². The van der Waals surface area contributed by atoms with E-state index in [0.717, 1.165) is 10.9 Å². The smallest absolute Gasteiger partial charge is 0.355 e. The summed E-state index contributed by atoms with van der Waals surface area (Å²) < 4.78 is 0.792. The van der Waals surface area contributed by atoms with Gasteiger partial charge in [0.15, 0.2) is 6.33 Å². The molecule has 0 aliphatic heterocycles. The molecule has 1 heterocycles. The zero-order chi connectivity index (χ0) is 7.56. The summed E-state index contributed by atoms with van der Waals surface area (Å²) in [6.45, 7) is 0. The molecule has 0 saturated carbocycles. The van der Waals surface area contributed by atoms with E-state index in [1.165, 1.54) is 12.4 Å². The van der Waals surface area contributed by atoms with Crippen molar-refractivity contribution in [3.8, 4) is 0 Å². The first-order chi connectivity index (χ1) is 4.72. The van der Waals surface area contributed by atoms with Gasteiger partial charge in [-0.2, -0.15) is 4.79 Å². The highest BCUT2D eigenvalue weighted by Crippen LogP contribution is 1.86. The number of rotatable bonds is 0. The lowest BCUT2D eigenvalue weighted by molar-refractivity contribution is -0.374. The average molecular weight is 141 g/mol. The van der Waals surface area contributed by atoms with Crippen LogP contribution in [-0.4, -0.2) is 20.5 Å². The summed E-state index contributed by atoms with van der Waals surface area (Å²) >= 11 is 0. The van der Waals surface area contributed by atoms with Crippen LogP contribution in [0, 0.1) is 10.1 Å². The molecule has 52 valence electrons. The maximum absolute atomic E-state index is 10.4. The van der Waals surface area contributed by atoms with Gasteiger partial charge in [-0.3, -0.25) is 0 Å². The molecule has 6 heteroatoms. The monoisotopic (exact) mass is 141 g/mol. The van der Waals surface area contributed by atoms with E-state index >= 15 is 0 Å². The summed E-state index contributed by atoms with van der Waals surface area (Å²) in [5, 5.41) is 9.81. The predicted octanol–water partition coefficient (Wildman–Crippen LogP) is 0.128. The largest absolute Gasteiger partial charge is 0.545 e. The first-order valence-electron chi connectivity index (χ1n) is 2.38. The molecule has 0 radical (unpaired) electrons. The van der Waals surface area contributed by atoms with E-state index in [1.54, 1.807) is 0 Å². The molecule has 0 aliphatic carbocycles. The molecule has 0 unspecified atom stereocenters. The van der Waals surface area contributed by atoms with Gasteiger partial charge in [-0.05, 0) is 0 Å². The quantitative estimate of drug-likeness (QED) is 0.380. The van der Waals surface area contributed by atoms with Crippen LogP contribution in [0.3, 0.4) is 0 Å². The molecule has 0 spiro atoms. The molecular formula is C4H3N3O3. The summed E-state index contributed by atoms with van der Waals surface area (Å²) in [5.41, 5.74) is 0. The second-order valence-electron chi connectivity index (χ2n) is 1.51. The zero-order valence-electron chi connectivity index (χ0n) is 4.80. The number of nitrogens with zero attached hydrogens (tertiary/aromatic N) is 3. The van der Waals surface area contributed by atoms with E-state index in [-0.39, 0.29) is 0 Å². The van der Waals surface area contributed by atoms with Gasteiger partial charge in [-0.15, -0.1) is 4.57 Å². The highest BCUT2D eigenvalue weighted by atomic mass is 16.6. The number of nitro groups is 1. The fraction of sp³-hybridized carbons (Fsp3) is 0. The van der Waals surface area contributed by atoms with Gasteiger partial charge in [0.25, 0.3) is 0 Å². The number of imidazole rings is 1. The Kier molecular flexibility index (Phi) is 1.44. The lowest BCUT2D eigenvalue weighted by atomic mass is 10.9. The normalized spacial score (nSPS) is 9.20. The molecule has 1 aromatic heterocycles. The lowest BCUT2D eigenvalue weighted by Crippen LogP contribution is -2.17. The van der Waals surface area contributed by atoms with Crippen LogP contribution in [0.4, 0.5) is 4.79 Å². The highest BCUT2D eigenvalue weighted by Gasteiger charge is 2.14. The molecule has 0 atom stereocenters. The van der Waals surface area contributed by atoms with E-state index in [0.29, 0.717) is 0 Å². The van der Waals surface area contributed by atoms with Crippen molar-refractivity contribution in [1.82, 2.24) is 9.55 Å². The van der Waals surface area contributed by atoms with Gasteiger partial charge in [0.2, 0.25) is 0 Å². The predicted molar refractivity (Wildman–Crippen MR) is 30.0 cm³/mol. The standard InChI is InChI=1S/C4H3N3O3/c8-4(7(9)10)6-2-1-5-3-6/h1-3H. The Morgan fingerprint density at radius 2 is 2.40 bits per heavy atom. The van der Waals surface area contributed by atoms with Crippen molar-refractivity contribution in [3.63, 3.8) is 0 Å². The molecule has 0 saturated heterocycles. The number of hydrogen-bond acceptors (Lipinski definition) is 4. The minimum atomic E-state index is -1.20. The van der Waals surface area contributed by atoms with Gasteiger partial charge in [0.1, 0.15) is 6.20 Å². The van der Waals surface area contributed by atoms with E-state index in [4.69, 9.17) is 0 Å². The summed E-state index contributed by atoms with van der Waals surface area (Å²) in [6, 6.07) is -1.20. The molecular weight excluding hydrogens is 138 g/mol. The summed E-state index contributed by atoms with van der Waals surface area (Å²) in [4.78, 5) is 22.7. The minimum Gasteiger partial charge on any atom is -0.355 e. The van der Waals surface area contributed by atoms with Gasteiger partial charge in [0.05, 0.1) is 6.20 Å². The maximum Gasteiger partial charge on any atom is 0.545 e. The van der Waals surface area contributed by atoms with Crippen LogP contribution in [0.1, 0.15) is 0 Å². The Hall–Kier alpha value is -1.72. The molecule has 1 amide bonds. The van der Waals surface area contributed by atoms with Crippen molar-refractivity contribution in [1.29, 1.82) is 0 Å². The van der Waals surface area contributed by atoms with Crippen LogP contribution in [-0.2, 0) is 0 Å². The van der Waals surface area contributed by atoms with Gasteiger partial charge < -0.3 is 10.1 Å². The molecule has 0 aliphatic rings. The Morgan fingerprint density at radius 3 is 2.80 bits per heavy atom. The number of hydrogen-bond donors (Lipinski definition) is 0. The topological polar surface area (TPSA) is 78.0 Å². The first kappa shape index (κ1) is 6.40. The molecule has 0 bridgehead atoms. The number of aromatic nitrogens is 2. The van der Waals surface area contributed by atoms with Crippen LogP contribution in [0.2, 0.25) is 0 Å². The lowest BCUT2D eigenvalue weighted by Gasteiger charge is -1.88. The Balaban J connectivity index is 2.88. The van der Waals surface area contributed by atoms with Crippen molar-refractivity contribution >= 4 is 6.03 Å². The Bertz CT molecular complexity index is 253.